The highest BCUT2D eigenvalue weighted by molar-refractivity contribution is 5.89. The number of hydrogen-bond donors (Lipinski definition) is 1. The van der Waals surface area contributed by atoms with Crippen molar-refractivity contribution in [2.24, 2.45) is 22.7 Å². The Morgan fingerprint density at radius 2 is 1.74 bits per heavy atom. The first kappa shape index (κ1) is 28.8. The zero-order valence-corrected chi connectivity index (χ0v) is 23.2. The Morgan fingerprint density at radius 1 is 1.08 bits per heavy atom. The zero-order valence-electron chi connectivity index (χ0n) is 23.2. The molecule has 8 atom stereocenters. The quantitative estimate of drug-likeness (QED) is 0.226. The van der Waals surface area contributed by atoms with Gasteiger partial charge in [0.1, 0.15) is 6.10 Å². The monoisotopic (exact) mass is 538 g/mol. The van der Waals surface area contributed by atoms with Crippen LogP contribution in [-0.4, -0.2) is 47.8 Å². The summed E-state index contributed by atoms with van der Waals surface area (Å²) in [5.74, 6) is -1.98. The lowest BCUT2D eigenvalue weighted by atomic mass is 9.45. The van der Waals surface area contributed by atoms with Crippen LogP contribution in [0.4, 0.5) is 0 Å². The number of aliphatic hydroxyl groups excluding tert-OH is 1. The Bertz CT molecular complexity index is 1190. The molecule has 1 saturated heterocycles. The lowest BCUT2D eigenvalue weighted by molar-refractivity contribution is -0.253. The molecule has 39 heavy (non-hydrogen) atoms. The Morgan fingerprint density at radius 3 is 2.36 bits per heavy atom. The average Bonchev–Trinajstić information content (AvgIpc) is 3.18. The lowest BCUT2D eigenvalue weighted by Crippen LogP contribution is -2.63. The summed E-state index contributed by atoms with van der Waals surface area (Å²) in [6.45, 7) is 12.6. The van der Waals surface area contributed by atoms with Crippen molar-refractivity contribution in [3.05, 3.63) is 71.8 Å². The predicted molar refractivity (Wildman–Crippen MR) is 143 cm³/mol. The van der Waals surface area contributed by atoms with Gasteiger partial charge in [0.2, 0.25) is 12.6 Å². The summed E-state index contributed by atoms with van der Waals surface area (Å²) in [4.78, 5) is 37.4. The Balaban J connectivity index is 1.87. The average molecular weight is 539 g/mol. The fourth-order valence-electron chi connectivity index (χ4n) is 6.65. The summed E-state index contributed by atoms with van der Waals surface area (Å²) < 4.78 is 23.3. The molecule has 1 spiro atoms. The standard InChI is InChI=1S/C31H38O8/c1-7-18(2)13-14-30(6)19(3)15-26(34)31-24(28(36-20(4)32)39-29(31)37-21(5)33)16-23(17-25(30)31)38-27(35)22-11-9-8-10-12-22/h7-13,16,19,23,25-26,28-29,34H,1,14-15,17H2,2-6H3. The zero-order chi connectivity index (χ0) is 28.5. The summed E-state index contributed by atoms with van der Waals surface area (Å²) >= 11 is 0. The van der Waals surface area contributed by atoms with E-state index in [-0.39, 0.29) is 11.8 Å². The molecule has 2 aliphatic carbocycles. The number of esters is 3. The molecule has 0 aromatic heterocycles. The van der Waals surface area contributed by atoms with Crippen LogP contribution in [0.15, 0.2) is 66.3 Å². The van der Waals surface area contributed by atoms with Crippen LogP contribution in [0.25, 0.3) is 0 Å². The van der Waals surface area contributed by atoms with E-state index in [0.29, 0.717) is 30.4 Å². The van der Waals surface area contributed by atoms with Crippen molar-refractivity contribution in [3.8, 4) is 0 Å². The smallest absolute Gasteiger partial charge is 0.338 e. The van der Waals surface area contributed by atoms with Gasteiger partial charge in [0.25, 0.3) is 0 Å². The second-order valence-electron chi connectivity index (χ2n) is 11.2. The largest absolute Gasteiger partial charge is 0.455 e. The molecule has 0 amide bonds. The SMILES string of the molecule is C=CC(C)=CCC1(C)C(C)CC(O)C23C(=CC(OC(=O)c4ccccc4)CC12)C(OC(C)=O)OC3OC(C)=O. The summed E-state index contributed by atoms with van der Waals surface area (Å²) in [6.07, 6.45) is 2.97. The topological polar surface area (TPSA) is 108 Å². The van der Waals surface area contributed by atoms with Crippen LogP contribution < -0.4 is 0 Å². The summed E-state index contributed by atoms with van der Waals surface area (Å²) in [7, 11) is 0. The number of aliphatic hydroxyl groups is 1. The van der Waals surface area contributed by atoms with E-state index in [9.17, 15) is 19.5 Å². The number of carbonyl (C=O) groups excluding carboxylic acids is 3. The maximum Gasteiger partial charge on any atom is 0.338 e. The molecule has 0 radical (unpaired) electrons. The van der Waals surface area contributed by atoms with Gasteiger partial charge in [-0.1, -0.05) is 56.4 Å². The minimum Gasteiger partial charge on any atom is -0.455 e. The number of allylic oxidation sites excluding steroid dienone is 3. The van der Waals surface area contributed by atoms with E-state index in [1.165, 1.54) is 13.8 Å². The van der Waals surface area contributed by atoms with Gasteiger partial charge in [-0.25, -0.2) is 4.79 Å². The molecule has 3 aliphatic rings. The predicted octanol–water partition coefficient (Wildman–Crippen LogP) is 4.88. The van der Waals surface area contributed by atoms with E-state index in [2.05, 4.69) is 26.5 Å². The molecular formula is C31H38O8. The molecule has 8 unspecified atom stereocenters. The van der Waals surface area contributed by atoms with Crippen molar-refractivity contribution in [3.63, 3.8) is 0 Å². The van der Waals surface area contributed by atoms with Crippen molar-refractivity contribution in [1.82, 2.24) is 0 Å². The minimum atomic E-state index is -1.20. The second-order valence-corrected chi connectivity index (χ2v) is 11.2. The highest BCUT2D eigenvalue weighted by atomic mass is 16.8. The molecule has 1 aromatic carbocycles. The van der Waals surface area contributed by atoms with Crippen LogP contribution in [0.2, 0.25) is 0 Å². The van der Waals surface area contributed by atoms with E-state index in [4.69, 9.17) is 18.9 Å². The highest BCUT2D eigenvalue weighted by Crippen LogP contribution is 2.67. The van der Waals surface area contributed by atoms with Crippen LogP contribution in [-0.2, 0) is 28.5 Å². The molecule has 0 bridgehead atoms. The molecule has 1 heterocycles. The van der Waals surface area contributed by atoms with E-state index < -0.39 is 53.5 Å². The molecule has 4 rings (SSSR count). The van der Waals surface area contributed by atoms with Gasteiger partial charge in [0.15, 0.2) is 0 Å². The number of rotatable bonds is 7. The van der Waals surface area contributed by atoms with Crippen molar-refractivity contribution in [2.75, 3.05) is 0 Å². The van der Waals surface area contributed by atoms with Gasteiger partial charge in [-0.2, -0.15) is 0 Å². The van der Waals surface area contributed by atoms with E-state index in [1.54, 1.807) is 36.4 Å². The fourth-order valence-corrected chi connectivity index (χ4v) is 6.65. The second kappa shape index (κ2) is 11.1. The van der Waals surface area contributed by atoms with Crippen LogP contribution >= 0.6 is 0 Å². The number of hydrogen-bond acceptors (Lipinski definition) is 8. The van der Waals surface area contributed by atoms with Crippen LogP contribution in [0, 0.1) is 22.7 Å². The molecule has 210 valence electrons. The van der Waals surface area contributed by atoms with Crippen molar-refractivity contribution in [1.29, 1.82) is 0 Å². The van der Waals surface area contributed by atoms with Gasteiger partial charge in [0.05, 0.1) is 17.1 Å². The molecule has 1 aliphatic heterocycles. The fraction of sp³-hybridized carbons (Fsp3) is 0.516. The first-order chi connectivity index (χ1) is 18.4. The molecule has 8 heteroatoms. The van der Waals surface area contributed by atoms with Crippen molar-refractivity contribution in [2.45, 2.75) is 78.7 Å². The van der Waals surface area contributed by atoms with Crippen LogP contribution in [0.3, 0.4) is 0 Å². The first-order valence-corrected chi connectivity index (χ1v) is 13.4. The molecule has 2 fully saturated rings. The van der Waals surface area contributed by atoms with Gasteiger partial charge >= 0.3 is 17.9 Å². The highest BCUT2D eigenvalue weighted by Gasteiger charge is 2.71. The summed E-state index contributed by atoms with van der Waals surface area (Å²) in [5.41, 5.74) is 0.251. The molecule has 1 saturated carbocycles. The van der Waals surface area contributed by atoms with Gasteiger partial charge < -0.3 is 19.3 Å². The van der Waals surface area contributed by atoms with E-state index >= 15 is 0 Å². The maximum absolute atomic E-state index is 13.1. The van der Waals surface area contributed by atoms with Gasteiger partial charge in [0, 0.05) is 19.4 Å². The summed E-state index contributed by atoms with van der Waals surface area (Å²) in [6, 6.07) is 8.70. The van der Waals surface area contributed by atoms with Crippen LogP contribution in [0.5, 0.6) is 0 Å². The molecule has 8 nitrogen and oxygen atoms in total. The number of carbonyl (C=O) groups is 3. The summed E-state index contributed by atoms with van der Waals surface area (Å²) in [5, 5.41) is 11.8. The molecule has 1 N–H and O–H groups in total. The van der Waals surface area contributed by atoms with E-state index in [0.717, 1.165) is 5.57 Å². The van der Waals surface area contributed by atoms with E-state index in [1.807, 2.05) is 13.0 Å². The Hall–Kier alpha value is -3.23. The minimum absolute atomic E-state index is 0.0487. The third-order valence-corrected chi connectivity index (χ3v) is 8.85. The third-order valence-electron chi connectivity index (χ3n) is 8.85. The first-order valence-electron chi connectivity index (χ1n) is 13.4. The lowest BCUT2D eigenvalue weighted by Gasteiger charge is -2.60. The van der Waals surface area contributed by atoms with Gasteiger partial charge in [-0.3, -0.25) is 14.3 Å². The maximum atomic E-state index is 13.1. The normalized spacial score (nSPS) is 35.6. The third kappa shape index (κ3) is 5.20. The Kier molecular flexibility index (Phi) is 8.19. The Labute approximate surface area is 229 Å². The molecular weight excluding hydrogens is 500 g/mol. The van der Waals surface area contributed by atoms with Gasteiger partial charge in [-0.05, 0) is 61.6 Å². The number of benzene rings is 1. The van der Waals surface area contributed by atoms with Crippen molar-refractivity contribution < 1.29 is 38.4 Å². The number of ether oxygens (including phenoxy) is 4. The van der Waals surface area contributed by atoms with Crippen LogP contribution in [0.1, 0.15) is 64.2 Å². The molecule has 1 aromatic rings. The van der Waals surface area contributed by atoms with Gasteiger partial charge in [-0.15, -0.1) is 0 Å². The van der Waals surface area contributed by atoms with Crippen molar-refractivity contribution >= 4 is 17.9 Å².